The van der Waals surface area contributed by atoms with Crippen LogP contribution in [0.2, 0.25) is 0 Å². The van der Waals surface area contributed by atoms with Crippen LogP contribution in [-0.4, -0.2) is 24.5 Å². The summed E-state index contributed by atoms with van der Waals surface area (Å²) in [7, 11) is 0. The van der Waals surface area contributed by atoms with Crippen LogP contribution in [0.3, 0.4) is 0 Å². The average molecular weight is 228 g/mol. The van der Waals surface area contributed by atoms with E-state index in [1.165, 1.54) is 0 Å². The first-order valence-corrected chi connectivity index (χ1v) is 4.49. The van der Waals surface area contributed by atoms with Crippen LogP contribution >= 0.6 is 0 Å². The summed E-state index contributed by atoms with van der Waals surface area (Å²) in [5, 5.41) is 0. The molecule has 0 fully saturated rings. The summed E-state index contributed by atoms with van der Waals surface area (Å²) in [6.07, 6.45) is 3.17. The summed E-state index contributed by atoms with van der Waals surface area (Å²) in [5.41, 5.74) is 0. The summed E-state index contributed by atoms with van der Waals surface area (Å²) in [4.78, 5) is 40.1. The summed E-state index contributed by atoms with van der Waals surface area (Å²) in [6, 6.07) is 0. The molecule has 0 unspecified atom stereocenters. The maximum atomic E-state index is 10.9. The van der Waals surface area contributed by atoms with Gasteiger partial charge in [-0.1, -0.05) is 13.5 Å². The summed E-state index contributed by atoms with van der Waals surface area (Å²) in [5.74, 6) is -2.58. The molecular weight excluding hydrogens is 216 g/mol. The summed E-state index contributed by atoms with van der Waals surface area (Å²) in [6.45, 7) is 5.19. The highest BCUT2D eigenvalue weighted by molar-refractivity contribution is 5.92. The molecule has 0 bridgehead atoms. The molecule has 0 rings (SSSR count). The molecule has 0 heterocycles. The Morgan fingerprint density at radius 1 is 1.06 bits per heavy atom. The summed E-state index contributed by atoms with van der Waals surface area (Å²) >= 11 is 0. The zero-order chi connectivity index (χ0) is 12.4. The number of ether oxygens (including phenoxy) is 1. The second-order valence-electron chi connectivity index (χ2n) is 2.51. The molecule has 0 aromatic heterocycles. The van der Waals surface area contributed by atoms with E-state index in [2.05, 4.69) is 21.1 Å². The highest BCUT2D eigenvalue weighted by Crippen LogP contribution is 1.89. The van der Waals surface area contributed by atoms with Crippen molar-refractivity contribution in [1.82, 2.24) is 0 Å². The van der Waals surface area contributed by atoms with Crippen LogP contribution in [-0.2, 0) is 28.9 Å². The van der Waals surface area contributed by atoms with Crippen molar-refractivity contribution in [1.29, 1.82) is 0 Å². The largest absolute Gasteiger partial charge is 0.463 e. The van der Waals surface area contributed by atoms with Crippen molar-refractivity contribution < 1.29 is 28.9 Å². The van der Waals surface area contributed by atoms with Gasteiger partial charge in [0.15, 0.2) is 0 Å². The Kier molecular flexibility index (Phi) is 7.14. The lowest BCUT2D eigenvalue weighted by Crippen LogP contribution is -2.08. The number of rotatable bonds is 5. The maximum absolute atomic E-state index is 10.9. The van der Waals surface area contributed by atoms with Gasteiger partial charge in [-0.2, -0.15) is 0 Å². The standard InChI is InChI=1S/C10H12O6/c1-3-7-14-9(12)5-6-10(13)16-15-8(11)4-2/h4-6H,2-3,7H2,1H3. The first-order chi connectivity index (χ1) is 7.60. The maximum Gasteiger partial charge on any atom is 0.379 e. The Hall–Kier alpha value is -2.11. The van der Waals surface area contributed by atoms with E-state index in [0.29, 0.717) is 6.42 Å². The molecular formula is C10H12O6. The predicted octanol–water partition coefficient (Wildman–Crippen LogP) is 0.683. The van der Waals surface area contributed by atoms with Crippen molar-refractivity contribution in [2.24, 2.45) is 0 Å². The lowest BCUT2D eigenvalue weighted by molar-refractivity contribution is -0.250. The van der Waals surface area contributed by atoms with Gasteiger partial charge in [0.25, 0.3) is 0 Å². The van der Waals surface area contributed by atoms with Crippen LogP contribution in [0.1, 0.15) is 13.3 Å². The second kappa shape index (κ2) is 8.22. The van der Waals surface area contributed by atoms with E-state index < -0.39 is 17.9 Å². The Balaban J connectivity index is 3.85. The van der Waals surface area contributed by atoms with Crippen LogP contribution in [0.25, 0.3) is 0 Å². The summed E-state index contributed by atoms with van der Waals surface area (Å²) < 4.78 is 4.63. The van der Waals surface area contributed by atoms with Crippen LogP contribution in [0.15, 0.2) is 24.8 Å². The van der Waals surface area contributed by atoms with Crippen molar-refractivity contribution in [3.8, 4) is 0 Å². The molecule has 0 spiro atoms. The van der Waals surface area contributed by atoms with Crippen molar-refractivity contribution in [3.63, 3.8) is 0 Å². The van der Waals surface area contributed by atoms with E-state index >= 15 is 0 Å². The van der Waals surface area contributed by atoms with Crippen LogP contribution in [0, 0.1) is 0 Å². The lowest BCUT2D eigenvalue weighted by atomic mass is 10.5. The van der Waals surface area contributed by atoms with E-state index in [1.54, 1.807) is 0 Å². The topological polar surface area (TPSA) is 78.9 Å². The van der Waals surface area contributed by atoms with Crippen LogP contribution in [0.4, 0.5) is 0 Å². The number of hydrogen-bond donors (Lipinski definition) is 0. The average Bonchev–Trinajstić information content (AvgIpc) is 2.30. The van der Waals surface area contributed by atoms with Gasteiger partial charge in [-0.05, 0) is 6.42 Å². The number of carbonyl (C=O) groups is 3. The first-order valence-electron chi connectivity index (χ1n) is 4.49. The smallest absolute Gasteiger partial charge is 0.379 e. The zero-order valence-electron chi connectivity index (χ0n) is 8.80. The molecule has 6 nitrogen and oxygen atoms in total. The fourth-order valence-corrected chi connectivity index (χ4v) is 0.531. The molecule has 0 saturated heterocycles. The molecule has 0 aliphatic rings. The molecule has 0 atom stereocenters. The fraction of sp³-hybridized carbons (Fsp3) is 0.300. The number of esters is 1. The Morgan fingerprint density at radius 2 is 1.62 bits per heavy atom. The van der Waals surface area contributed by atoms with Crippen LogP contribution < -0.4 is 0 Å². The van der Waals surface area contributed by atoms with Gasteiger partial charge < -0.3 is 4.74 Å². The molecule has 0 aliphatic heterocycles. The van der Waals surface area contributed by atoms with Gasteiger partial charge in [-0.15, -0.1) is 0 Å². The molecule has 0 amide bonds. The van der Waals surface area contributed by atoms with Crippen molar-refractivity contribution in [2.45, 2.75) is 13.3 Å². The van der Waals surface area contributed by atoms with Gasteiger partial charge in [-0.3, -0.25) is 0 Å². The molecule has 0 N–H and O–H groups in total. The molecule has 0 aromatic rings. The zero-order valence-corrected chi connectivity index (χ0v) is 8.80. The number of hydrogen-bond acceptors (Lipinski definition) is 6. The fourth-order valence-electron chi connectivity index (χ4n) is 0.531. The minimum Gasteiger partial charge on any atom is -0.463 e. The third-order valence-corrected chi connectivity index (χ3v) is 1.18. The monoisotopic (exact) mass is 228 g/mol. The van der Waals surface area contributed by atoms with Gasteiger partial charge in [0.2, 0.25) is 0 Å². The molecule has 0 aliphatic carbocycles. The Morgan fingerprint density at radius 3 is 2.19 bits per heavy atom. The Labute approximate surface area is 92.4 Å². The lowest BCUT2D eigenvalue weighted by Gasteiger charge is -1.97. The molecule has 6 heteroatoms. The number of carbonyl (C=O) groups excluding carboxylic acids is 3. The normalized spacial score (nSPS) is 9.56. The van der Waals surface area contributed by atoms with E-state index in [4.69, 9.17) is 0 Å². The first kappa shape index (κ1) is 13.9. The van der Waals surface area contributed by atoms with Crippen molar-refractivity contribution in [3.05, 3.63) is 24.8 Å². The van der Waals surface area contributed by atoms with Gasteiger partial charge in [0.1, 0.15) is 0 Å². The second-order valence-corrected chi connectivity index (χ2v) is 2.51. The van der Waals surface area contributed by atoms with E-state index in [9.17, 15) is 14.4 Å². The quantitative estimate of drug-likeness (QED) is 0.298. The molecule has 88 valence electrons. The van der Waals surface area contributed by atoms with Gasteiger partial charge in [0.05, 0.1) is 6.61 Å². The minimum absolute atomic E-state index is 0.268. The minimum atomic E-state index is -0.997. The third kappa shape index (κ3) is 7.31. The molecule has 0 radical (unpaired) electrons. The van der Waals surface area contributed by atoms with E-state index in [1.807, 2.05) is 6.92 Å². The van der Waals surface area contributed by atoms with Crippen LogP contribution in [0.5, 0.6) is 0 Å². The predicted molar refractivity (Wildman–Crippen MR) is 52.8 cm³/mol. The third-order valence-electron chi connectivity index (χ3n) is 1.18. The highest BCUT2D eigenvalue weighted by atomic mass is 17.2. The molecule has 16 heavy (non-hydrogen) atoms. The van der Waals surface area contributed by atoms with Crippen molar-refractivity contribution in [2.75, 3.05) is 6.61 Å². The highest BCUT2D eigenvalue weighted by Gasteiger charge is 2.04. The van der Waals surface area contributed by atoms with Crippen molar-refractivity contribution >= 4 is 17.9 Å². The van der Waals surface area contributed by atoms with Gasteiger partial charge in [-0.25, -0.2) is 24.2 Å². The van der Waals surface area contributed by atoms with E-state index in [0.717, 1.165) is 18.2 Å². The molecule has 0 saturated carbocycles. The Bertz CT molecular complexity index is 304. The van der Waals surface area contributed by atoms with Gasteiger partial charge >= 0.3 is 17.9 Å². The SMILES string of the molecule is C=CC(=O)OOC(=O)C=CC(=O)OCCC. The van der Waals surface area contributed by atoms with E-state index in [-0.39, 0.29) is 6.61 Å². The van der Waals surface area contributed by atoms with Gasteiger partial charge in [0, 0.05) is 18.2 Å². The molecule has 0 aromatic carbocycles.